The van der Waals surface area contributed by atoms with Gasteiger partial charge < -0.3 is 24.3 Å². The third-order valence-electron chi connectivity index (χ3n) is 5.26. The fourth-order valence-corrected chi connectivity index (χ4v) is 3.37. The van der Waals surface area contributed by atoms with Crippen LogP contribution in [0.4, 0.5) is 0 Å². The van der Waals surface area contributed by atoms with Crippen molar-refractivity contribution in [2.45, 2.75) is 13.3 Å². The van der Waals surface area contributed by atoms with Crippen LogP contribution < -0.4 is 24.3 Å². The predicted octanol–water partition coefficient (Wildman–Crippen LogP) is 2.94. The Morgan fingerprint density at radius 2 is 1.74 bits per heavy atom. The summed E-state index contributed by atoms with van der Waals surface area (Å²) in [5.74, 6) is 2.52. The zero-order chi connectivity index (χ0) is 24.6. The Balaban J connectivity index is 1.31. The highest BCUT2D eigenvalue weighted by Crippen LogP contribution is 2.31. The summed E-state index contributed by atoms with van der Waals surface area (Å²) in [5.41, 5.74) is 2.55. The number of hydrogen-bond donors (Lipinski definition) is 1. The molecule has 4 aromatic rings. The first-order valence-corrected chi connectivity index (χ1v) is 11.2. The quantitative estimate of drug-likeness (QED) is 0.329. The van der Waals surface area contributed by atoms with Crippen molar-refractivity contribution in [2.24, 2.45) is 0 Å². The zero-order valence-corrected chi connectivity index (χ0v) is 19.9. The first-order valence-electron chi connectivity index (χ1n) is 11.2. The summed E-state index contributed by atoms with van der Waals surface area (Å²) < 4.78 is 23.5. The van der Waals surface area contributed by atoms with Crippen LogP contribution in [0.2, 0.25) is 0 Å². The standard InChI is InChI=1S/C25H27N5O5/c1-4-17-5-8-19(9-6-17)35-16-23(31)26-13-14-34-24-12-11-22-27-28-25(30(22)29-24)18-7-10-20(32-2)21(15-18)33-3/h5-12,15H,4,13-14,16H2,1-3H3,(H,26,31). The molecular weight excluding hydrogens is 450 g/mol. The Hall–Kier alpha value is -4.34. The van der Waals surface area contributed by atoms with Crippen molar-refractivity contribution >= 4 is 11.6 Å². The molecule has 0 spiro atoms. The molecule has 0 aliphatic rings. The first kappa shape index (κ1) is 23.8. The van der Waals surface area contributed by atoms with Crippen molar-refractivity contribution in [1.29, 1.82) is 0 Å². The van der Waals surface area contributed by atoms with Gasteiger partial charge >= 0.3 is 0 Å². The lowest BCUT2D eigenvalue weighted by Crippen LogP contribution is -2.32. The van der Waals surface area contributed by atoms with E-state index in [4.69, 9.17) is 18.9 Å². The molecule has 1 amide bonds. The molecule has 10 heteroatoms. The normalized spacial score (nSPS) is 10.7. The highest BCUT2D eigenvalue weighted by molar-refractivity contribution is 5.77. The summed E-state index contributed by atoms with van der Waals surface area (Å²) in [7, 11) is 3.15. The van der Waals surface area contributed by atoms with Crippen LogP contribution in [-0.4, -0.2) is 59.7 Å². The minimum absolute atomic E-state index is 0.0644. The average molecular weight is 478 g/mol. The van der Waals surface area contributed by atoms with E-state index in [1.807, 2.05) is 30.3 Å². The van der Waals surface area contributed by atoms with E-state index < -0.39 is 0 Å². The van der Waals surface area contributed by atoms with Crippen LogP contribution in [0, 0.1) is 0 Å². The number of aromatic nitrogens is 4. The van der Waals surface area contributed by atoms with Crippen LogP contribution in [0.5, 0.6) is 23.1 Å². The molecule has 0 radical (unpaired) electrons. The van der Waals surface area contributed by atoms with Crippen molar-refractivity contribution in [2.75, 3.05) is 34.0 Å². The lowest BCUT2D eigenvalue weighted by Gasteiger charge is -2.10. The summed E-state index contributed by atoms with van der Waals surface area (Å²) >= 11 is 0. The second-order valence-electron chi connectivity index (χ2n) is 7.52. The van der Waals surface area contributed by atoms with E-state index >= 15 is 0 Å². The molecule has 10 nitrogen and oxygen atoms in total. The highest BCUT2D eigenvalue weighted by Gasteiger charge is 2.14. The Labute approximate surface area is 202 Å². The fraction of sp³-hybridized carbons (Fsp3) is 0.280. The molecule has 0 fully saturated rings. The van der Waals surface area contributed by atoms with E-state index in [2.05, 4.69) is 27.5 Å². The topological polar surface area (TPSA) is 109 Å². The molecule has 0 saturated carbocycles. The van der Waals surface area contributed by atoms with Gasteiger partial charge in [-0.25, -0.2) is 0 Å². The Kier molecular flexibility index (Phi) is 7.61. The van der Waals surface area contributed by atoms with Crippen LogP contribution in [0.3, 0.4) is 0 Å². The summed E-state index contributed by atoms with van der Waals surface area (Å²) in [5, 5.41) is 15.6. The SMILES string of the molecule is CCc1ccc(OCC(=O)NCCOc2ccc3nnc(-c4ccc(OC)c(OC)c4)n3n2)cc1. The van der Waals surface area contributed by atoms with E-state index in [0.29, 0.717) is 41.1 Å². The first-order chi connectivity index (χ1) is 17.1. The number of aryl methyl sites for hydroxylation is 1. The van der Waals surface area contributed by atoms with Crippen molar-refractivity contribution in [1.82, 2.24) is 25.1 Å². The van der Waals surface area contributed by atoms with Gasteiger partial charge in [0.1, 0.15) is 12.4 Å². The number of methoxy groups -OCH3 is 2. The van der Waals surface area contributed by atoms with Gasteiger partial charge in [0.25, 0.3) is 5.91 Å². The maximum Gasteiger partial charge on any atom is 0.258 e. The van der Waals surface area contributed by atoms with Gasteiger partial charge in [-0.05, 0) is 48.4 Å². The number of hydrogen-bond acceptors (Lipinski definition) is 8. The number of carbonyl (C=O) groups excluding carboxylic acids is 1. The number of carbonyl (C=O) groups is 1. The molecule has 0 aliphatic heterocycles. The molecule has 4 rings (SSSR count). The lowest BCUT2D eigenvalue weighted by molar-refractivity contribution is -0.123. The molecule has 0 bridgehead atoms. The van der Waals surface area contributed by atoms with Crippen molar-refractivity contribution in [3.8, 4) is 34.5 Å². The smallest absolute Gasteiger partial charge is 0.258 e. The summed E-state index contributed by atoms with van der Waals surface area (Å²) in [6, 6.07) is 16.6. The highest BCUT2D eigenvalue weighted by atomic mass is 16.5. The number of benzene rings is 2. The summed E-state index contributed by atoms with van der Waals surface area (Å²) in [4.78, 5) is 12.0. The number of nitrogens with one attached hydrogen (secondary N) is 1. The maximum atomic E-state index is 12.0. The number of fused-ring (bicyclic) bond motifs is 1. The molecule has 0 saturated heterocycles. The molecule has 35 heavy (non-hydrogen) atoms. The minimum Gasteiger partial charge on any atom is -0.493 e. The number of ether oxygens (including phenoxy) is 4. The van der Waals surface area contributed by atoms with Crippen LogP contribution >= 0.6 is 0 Å². The van der Waals surface area contributed by atoms with Crippen LogP contribution in [-0.2, 0) is 11.2 Å². The number of rotatable bonds is 11. The molecule has 2 aromatic heterocycles. The Morgan fingerprint density at radius 1 is 0.943 bits per heavy atom. The maximum absolute atomic E-state index is 12.0. The van der Waals surface area contributed by atoms with Gasteiger partial charge in [0.15, 0.2) is 29.6 Å². The van der Waals surface area contributed by atoms with Crippen LogP contribution in [0.25, 0.3) is 17.0 Å². The fourth-order valence-electron chi connectivity index (χ4n) is 3.37. The monoisotopic (exact) mass is 477 g/mol. The van der Waals surface area contributed by atoms with Crippen molar-refractivity contribution in [3.05, 3.63) is 60.2 Å². The van der Waals surface area contributed by atoms with Crippen molar-refractivity contribution in [3.63, 3.8) is 0 Å². The van der Waals surface area contributed by atoms with E-state index in [-0.39, 0.29) is 19.1 Å². The van der Waals surface area contributed by atoms with E-state index in [0.717, 1.165) is 12.0 Å². The largest absolute Gasteiger partial charge is 0.493 e. The van der Waals surface area contributed by atoms with Crippen LogP contribution in [0.1, 0.15) is 12.5 Å². The zero-order valence-electron chi connectivity index (χ0n) is 19.9. The summed E-state index contributed by atoms with van der Waals surface area (Å²) in [6.07, 6.45) is 0.956. The molecule has 0 atom stereocenters. The van der Waals surface area contributed by atoms with Gasteiger partial charge in [-0.1, -0.05) is 19.1 Å². The lowest BCUT2D eigenvalue weighted by atomic mass is 10.2. The van der Waals surface area contributed by atoms with E-state index in [9.17, 15) is 4.79 Å². The number of amides is 1. The third-order valence-corrected chi connectivity index (χ3v) is 5.26. The molecule has 0 aliphatic carbocycles. The Morgan fingerprint density at radius 3 is 2.49 bits per heavy atom. The predicted molar refractivity (Wildman–Crippen MR) is 129 cm³/mol. The number of nitrogens with zero attached hydrogens (tertiary/aromatic N) is 4. The van der Waals surface area contributed by atoms with Crippen molar-refractivity contribution < 1.29 is 23.7 Å². The van der Waals surface area contributed by atoms with Crippen LogP contribution in [0.15, 0.2) is 54.6 Å². The van der Waals surface area contributed by atoms with E-state index in [1.54, 1.807) is 43.0 Å². The third kappa shape index (κ3) is 5.78. The van der Waals surface area contributed by atoms with Gasteiger partial charge in [0.05, 0.1) is 20.8 Å². The Bertz CT molecular complexity index is 1290. The van der Waals surface area contributed by atoms with Gasteiger partial charge in [0.2, 0.25) is 5.88 Å². The molecule has 182 valence electrons. The average Bonchev–Trinajstić information content (AvgIpc) is 3.33. The minimum atomic E-state index is -0.230. The molecule has 0 unspecified atom stereocenters. The van der Waals surface area contributed by atoms with Gasteiger partial charge in [-0.3, -0.25) is 4.79 Å². The molecular formula is C25H27N5O5. The van der Waals surface area contributed by atoms with Gasteiger partial charge in [-0.15, -0.1) is 15.3 Å². The van der Waals surface area contributed by atoms with E-state index in [1.165, 1.54) is 5.56 Å². The second-order valence-corrected chi connectivity index (χ2v) is 7.52. The second kappa shape index (κ2) is 11.2. The molecule has 2 heterocycles. The molecule has 1 N–H and O–H groups in total. The van der Waals surface area contributed by atoms with Gasteiger partial charge in [-0.2, -0.15) is 4.52 Å². The van der Waals surface area contributed by atoms with Gasteiger partial charge in [0, 0.05) is 11.6 Å². The summed E-state index contributed by atoms with van der Waals surface area (Å²) in [6.45, 7) is 2.57. The molecule has 2 aromatic carbocycles.